The van der Waals surface area contributed by atoms with E-state index in [1.807, 2.05) is 4.57 Å². The van der Waals surface area contributed by atoms with E-state index in [0.717, 1.165) is 18.1 Å². The molecule has 0 saturated heterocycles. The largest absolute Gasteiger partial charge is 0.315 e. The zero-order valence-electron chi connectivity index (χ0n) is 8.53. The Kier molecular flexibility index (Phi) is 2.48. The van der Waals surface area contributed by atoms with Crippen LogP contribution in [-0.2, 0) is 6.54 Å². The maximum Gasteiger partial charge on any atom is 0.225 e. The first-order chi connectivity index (χ1) is 7.74. The Labute approximate surface area is 103 Å². The van der Waals surface area contributed by atoms with Gasteiger partial charge in [-0.15, -0.1) is 0 Å². The number of hydrogen-bond donors (Lipinski definition) is 0. The summed E-state index contributed by atoms with van der Waals surface area (Å²) in [5.74, 6) is 0.741. The van der Waals surface area contributed by atoms with E-state index in [1.54, 1.807) is 6.33 Å². The Hall–Kier alpha value is -0.870. The van der Waals surface area contributed by atoms with Crippen LogP contribution < -0.4 is 0 Å². The molecule has 0 aliphatic heterocycles. The van der Waals surface area contributed by atoms with Crippen molar-refractivity contribution in [3.63, 3.8) is 0 Å². The van der Waals surface area contributed by atoms with Crippen LogP contribution in [0.1, 0.15) is 19.3 Å². The van der Waals surface area contributed by atoms with Gasteiger partial charge in [-0.05, 0) is 30.4 Å². The lowest BCUT2D eigenvalue weighted by molar-refractivity contribution is 0.279. The van der Waals surface area contributed by atoms with Crippen molar-refractivity contribution in [3.05, 3.63) is 16.8 Å². The van der Waals surface area contributed by atoms with Crippen molar-refractivity contribution in [1.29, 1.82) is 0 Å². The molecule has 1 saturated carbocycles. The van der Waals surface area contributed by atoms with E-state index in [9.17, 15) is 0 Å². The van der Waals surface area contributed by atoms with Crippen molar-refractivity contribution < 1.29 is 0 Å². The van der Waals surface area contributed by atoms with Gasteiger partial charge in [0.25, 0.3) is 0 Å². The predicted molar refractivity (Wildman–Crippen MR) is 62.7 cm³/mol. The third-order valence-electron chi connectivity index (χ3n) is 3.07. The van der Waals surface area contributed by atoms with Crippen LogP contribution in [0.5, 0.6) is 0 Å². The molecule has 1 aliphatic carbocycles. The summed E-state index contributed by atoms with van der Waals surface area (Å²) in [5.41, 5.74) is 1.36. The lowest BCUT2D eigenvalue weighted by Crippen LogP contribution is -2.17. The number of imidazole rings is 1. The molecule has 0 amide bonds. The van der Waals surface area contributed by atoms with Gasteiger partial charge in [0, 0.05) is 6.54 Å². The summed E-state index contributed by atoms with van der Waals surface area (Å²) in [7, 11) is 0. The molecule has 1 aliphatic rings. The summed E-state index contributed by atoms with van der Waals surface area (Å²) in [6.07, 6.45) is 5.66. The van der Waals surface area contributed by atoms with Crippen LogP contribution in [0.15, 0.2) is 6.33 Å². The smallest absolute Gasteiger partial charge is 0.225 e. The molecule has 6 heteroatoms. The fraction of sp³-hybridized carbons (Fsp3) is 0.500. The molecule has 0 unspecified atom stereocenters. The van der Waals surface area contributed by atoms with Gasteiger partial charge in [0.1, 0.15) is 5.52 Å². The van der Waals surface area contributed by atoms with Crippen molar-refractivity contribution in [3.8, 4) is 0 Å². The normalized spacial score (nSPS) is 16.6. The van der Waals surface area contributed by atoms with Crippen LogP contribution in [0.3, 0.4) is 0 Å². The molecule has 84 valence electrons. The van der Waals surface area contributed by atoms with Gasteiger partial charge in [0.2, 0.25) is 5.28 Å². The minimum absolute atomic E-state index is 0.174. The molecule has 2 heterocycles. The van der Waals surface area contributed by atoms with Crippen LogP contribution in [0, 0.1) is 5.92 Å². The maximum atomic E-state index is 5.95. The highest BCUT2D eigenvalue weighted by Gasteiger charge is 2.20. The van der Waals surface area contributed by atoms with Gasteiger partial charge in [-0.3, -0.25) is 0 Å². The van der Waals surface area contributed by atoms with E-state index >= 15 is 0 Å². The monoisotopic (exact) mass is 256 g/mol. The lowest BCUT2D eigenvalue weighted by Gasteiger charge is -2.25. The molecule has 1 fully saturated rings. The highest BCUT2D eigenvalue weighted by Crippen LogP contribution is 2.29. The van der Waals surface area contributed by atoms with E-state index in [2.05, 4.69) is 15.0 Å². The molecule has 0 aromatic carbocycles. The number of nitrogens with zero attached hydrogens (tertiary/aromatic N) is 4. The first kappa shape index (κ1) is 10.3. The third kappa shape index (κ3) is 1.66. The molecule has 0 radical (unpaired) electrons. The fourth-order valence-corrected chi connectivity index (χ4v) is 2.39. The average Bonchev–Trinajstić information content (AvgIpc) is 2.55. The Morgan fingerprint density at radius 1 is 1.31 bits per heavy atom. The molecule has 2 aromatic heterocycles. The topological polar surface area (TPSA) is 43.6 Å². The van der Waals surface area contributed by atoms with Gasteiger partial charge < -0.3 is 4.57 Å². The van der Waals surface area contributed by atoms with Crippen LogP contribution >= 0.6 is 23.2 Å². The summed E-state index contributed by atoms with van der Waals surface area (Å²) in [4.78, 5) is 12.3. The standard InChI is InChI=1S/C10H10Cl2N4/c11-8-7-9(15-10(12)14-8)16(5-13-7)4-6-2-1-3-6/h5-6H,1-4H2. The molecule has 4 nitrogen and oxygen atoms in total. The van der Waals surface area contributed by atoms with Gasteiger partial charge in [-0.25, -0.2) is 9.97 Å². The third-order valence-corrected chi connectivity index (χ3v) is 3.51. The molecule has 0 atom stereocenters. The van der Waals surface area contributed by atoms with E-state index in [1.165, 1.54) is 19.3 Å². The minimum atomic E-state index is 0.174. The van der Waals surface area contributed by atoms with Crippen molar-refractivity contribution in [2.75, 3.05) is 0 Å². The van der Waals surface area contributed by atoms with E-state index in [4.69, 9.17) is 23.2 Å². The predicted octanol–water partition coefficient (Wildman–Crippen LogP) is 2.93. The molecule has 2 aromatic rings. The Balaban J connectivity index is 2.04. The Morgan fingerprint density at radius 2 is 2.12 bits per heavy atom. The van der Waals surface area contributed by atoms with Crippen LogP contribution in [0.2, 0.25) is 10.4 Å². The van der Waals surface area contributed by atoms with Crippen molar-refractivity contribution in [1.82, 2.24) is 19.5 Å². The van der Waals surface area contributed by atoms with Crippen molar-refractivity contribution in [2.24, 2.45) is 5.92 Å². The molecule has 0 N–H and O–H groups in total. The van der Waals surface area contributed by atoms with Gasteiger partial charge in [0.15, 0.2) is 10.8 Å². The molecule has 0 bridgehead atoms. The van der Waals surface area contributed by atoms with E-state index in [-0.39, 0.29) is 5.28 Å². The number of hydrogen-bond acceptors (Lipinski definition) is 3. The van der Waals surface area contributed by atoms with E-state index < -0.39 is 0 Å². The first-order valence-electron chi connectivity index (χ1n) is 5.28. The van der Waals surface area contributed by atoms with Crippen molar-refractivity contribution >= 4 is 34.4 Å². The minimum Gasteiger partial charge on any atom is -0.315 e. The lowest BCUT2D eigenvalue weighted by atomic mass is 9.85. The second-order valence-electron chi connectivity index (χ2n) is 4.15. The second kappa shape index (κ2) is 3.86. The average molecular weight is 257 g/mol. The van der Waals surface area contributed by atoms with Gasteiger partial charge in [0.05, 0.1) is 6.33 Å². The van der Waals surface area contributed by atoms with Gasteiger partial charge >= 0.3 is 0 Å². The maximum absolute atomic E-state index is 5.95. The quantitative estimate of drug-likeness (QED) is 0.613. The fourth-order valence-electron chi connectivity index (χ4n) is 1.97. The Bertz CT molecular complexity index is 533. The van der Waals surface area contributed by atoms with Gasteiger partial charge in [-0.1, -0.05) is 18.0 Å². The zero-order chi connectivity index (χ0) is 11.1. The number of rotatable bonds is 2. The summed E-state index contributed by atoms with van der Waals surface area (Å²) >= 11 is 11.7. The molecule has 0 spiro atoms. The molecule has 3 rings (SSSR count). The second-order valence-corrected chi connectivity index (χ2v) is 4.85. The summed E-state index contributed by atoms with van der Waals surface area (Å²) in [5, 5.41) is 0.496. The molecular weight excluding hydrogens is 247 g/mol. The van der Waals surface area contributed by atoms with Crippen LogP contribution in [0.4, 0.5) is 0 Å². The van der Waals surface area contributed by atoms with Crippen molar-refractivity contribution in [2.45, 2.75) is 25.8 Å². The van der Waals surface area contributed by atoms with Crippen LogP contribution in [0.25, 0.3) is 11.2 Å². The molecular formula is C10H10Cl2N4. The summed E-state index contributed by atoms with van der Waals surface area (Å²) in [6.45, 7) is 0.945. The Morgan fingerprint density at radius 3 is 2.81 bits per heavy atom. The summed E-state index contributed by atoms with van der Waals surface area (Å²) in [6, 6.07) is 0. The highest BCUT2D eigenvalue weighted by molar-refractivity contribution is 6.35. The SMILES string of the molecule is Clc1nc(Cl)c2ncn(CC3CCC3)c2n1. The number of fused-ring (bicyclic) bond motifs is 1. The summed E-state index contributed by atoms with van der Waals surface area (Å²) < 4.78 is 2.01. The zero-order valence-corrected chi connectivity index (χ0v) is 10.0. The molecule has 16 heavy (non-hydrogen) atoms. The number of halogens is 2. The first-order valence-corrected chi connectivity index (χ1v) is 6.03. The van der Waals surface area contributed by atoms with Crippen LogP contribution in [-0.4, -0.2) is 19.5 Å². The number of aromatic nitrogens is 4. The highest BCUT2D eigenvalue weighted by atomic mass is 35.5. The van der Waals surface area contributed by atoms with E-state index in [0.29, 0.717) is 10.7 Å². The van der Waals surface area contributed by atoms with Gasteiger partial charge in [-0.2, -0.15) is 4.98 Å².